The van der Waals surface area contributed by atoms with Crippen molar-refractivity contribution >= 4 is 15.9 Å². The lowest BCUT2D eigenvalue weighted by atomic mass is 10.1. The van der Waals surface area contributed by atoms with Crippen LogP contribution >= 0.6 is 0 Å². The standard InChI is InChI=1S/C20H22F2N2O3S/c1-14(15-8-9-18(21)19(22)13-15)23-20(25)16-6-5-7-17(12-16)28(26,27)24-10-3-2-4-11-24/h5-9,12-14H,2-4,10-11H2,1H3,(H,23,25). The third kappa shape index (κ3) is 4.39. The molecule has 1 N–H and O–H groups in total. The van der Waals surface area contributed by atoms with Crippen molar-refractivity contribution in [3.05, 3.63) is 65.2 Å². The van der Waals surface area contributed by atoms with Crippen molar-refractivity contribution in [1.82, 2.24) is 9.62 Å². The van der Waals surface area contributed by atoms with E-state index in [0.717, 1.165) is 31.4 Å². The number of carbonyl (C=O) groups is 1. The van der Waals surface area contributed by atoms with Gasteiger partial charge in [-0.25, -0.2) is 17.2 Å². The van der Waals surface area contributed by atoms with E-state index in [1.165, 1.54) is 34.6 Å². The van der Waals surface area contributed by atoms with Crippen LogP contribution in [0.25, 0.3) is 0 Å². The maximum atomic E-state index is 13.4. The van der Waals surface area contributed by atoms with E-state index in [-0.39, 0.29) is 10.5 Å². The predicted octanol–water partition coefficient (Wildman–Crippen LogP) is 3.63. The van der Waals surface area contributed by atoms with E-state index in [1.54, 1.807) is 6.92 Å². The normalized spacial score (nSPS) is 16.5. The van der Waals surface area contributed by atoms with Crippen molar-refractivity contribution in [3.8, 4) is 0 Å². The number of piperidine rings is 1. The Kier molecular flexibility index (Phi) is 6.10. The quantitative estimate of drug-likeness (QED) is 0.822. The number of halogens is 2. The van der Waals surface area contributed by atoms with E-state index < -0.39 is 33.6 Å². The molecule has 1 aliphatic rings. The molecule has 28 heavy (non-hydrogen) atoms. The first-order valence-electron chi connectivity index (χ1n) is 9.15. The minimum Gasteiger partial charge on any atom is -0.346 e. The third-order valence-corrected chi connectivity index (χ3v) is 6.73. The highest BCUT2D eigenvalue weighted by Crippen LogP contribution is 2.22. The summed E-state index contributed by atoms with van der Waals surface area (Å²) >= 11 is 0. The molecule has 5 nitrogen and oxygen atoms in total. The van der Waals surface area contributed by atoms with Crippen molar-refractivity contribution in [3.63, 3.8) is 0 Å². The van der Waals surface area contributed by atoms with Gasteiger partial charge in [0, 0.05) is 18.7 Å². The predicted molar refractivity (Wildman–Crippen MR) is 101 cm³/mol. The molecule has 0 bridgehead atoms. The van der Waals surface area contributed by atoms with Crippen LogP contribution in [0.1, 0.15) is 48.1 Å². The Morgan fingerprint density at radius 2 is 1.75 bits per heavy atom. The molecule has 1 unspecified atom stereocenters. The van der Waals surface area contributed by atoms with Crippen molar-refractivity contribution in [2.24, 2.45) is 0 Å². The van der Waals surface area contributed by atoms with Gasteiger partial charge in [0.25, 0.3) is 5.91 Å². The molecule has 1 aliphatic heterocycles. The smallest absolute Gasteiger partial charge is 0.251 e. The highest BCUT2D eigenvalue weighted by molar-refractivity contribution is 7.89. The Morgan fingerprint density at radius 3 is 2.43 bits per heavy atom. The lowest BCUT2D eigenvalue weighted by molar-refractivity contribution is 0.0939. The van der Waals surface area contributed by atoms with Crippen molar-refractivity contribution in [2.75, 3.05) is 13.1 Å². The maximum Gasteiger partial charge on any atom is 0.251 e. The van der Waals surface area contributed by atoms with E-state index in [9.17, 15) is 22.0 Å². The lowest BCUT2D eigenvalue weighted by Gasteiger charge is -2.26. The molecule has 1 saturated heterocycles. The van der Waals surface area contributed by atoms with E-state index >= 15 is 0 Å². The van der Waals surface area contributed by atoms with Gasteiger partial charge in [-0.05, 0) is 55.7 Å². The lowest BCUT2D eigenvalue weighted by Crippen LogP contribution is -2.35. The molecule has 150 valence electrons. The van der Waals surface area contributed by atoms with Crippen LogP contribution in [0.3, 0.4) is 0 Å². The topological polar surface area (TPSA) is 66.5 Å². The van der Waals surface area contributed by atoms with E-state index in [1.807, 2.05) is 0 Å². The first-order chi connectivity index (χ1) is 13.3. The van der Waals surface area contributed by atoms with Crippen LogP contribution in [0.15, 0.2) is 47.4 Å². The monoisotopic (exact) mass is 408 g/mol. The number of nitrogens with one attached hydrogen (secondary N) is 1. The van der Waals surface area contributed by atoms with Crippen molar-refractivity contribution < 1.29 is 22.0 Å². The average Bonchev–Trinajstić information content (AvgIpc) is 2.70. The van der Waals surface area contributed by atoms with Gasteiger partial charge in [0.1, 0.15) is 0 Å². The second kappa shape index (κ2) is 8.36. The molecule has 0 saturated carbocycles. The molecule has 2 aromatic rings. The summed E-state index contributed by atoms with van der Waals surface area (Å²) in [5, 5.41) is 2.68. The number of amides is 1. The third-order valence-electron chi connectivity index (χ3n) is 4.84. The number of nitrogens with zero attached hydrogens (tertiary/aromatic N) is 1. The second-order valence-corrected chi connectivity index (χ2v) is 8.80. The van der Waals surface area contributed by atoms with Crippen LogP contribution in [-0.2, 0) is 10.0 Å². The molecule has 1 amide bonds. The molecule has 1 atom stereocenters. The first kappa shape index (κ1) is 20.4. The van der Waals surface area contributed by atoms with E-state index in [2.05, 4.69) is 5.32 Å². The van der Waals surface area contributed by atoms with Gasteiger partial charge in [0.2, 0.25) is 10.0 Å². The van der Waals surface area contributed by atoms with Gasteiger partial charge < -0.3 is 5.32 Å². The van der Waals surface area contributed by atoms with Gasteiger partial charge in [0.05, 0.1) is 10.9 Å². The fourth-order valence-electron chi connectivity index (χ4n) is 3.20. The minimum atomic E-state index is -3.65. The van der Waals surface area contributed by atoms with Crippen molar-refractivity contribution in [1.29, 1.82) is 0 Å². The number of hydrogen-bond acceptors (Lipinski definition) is 3. The van der Waals surface area contributed by atoms with Crippen molar-refractivity contribution in [2.45, 2.75) is 37.1 Å². The molecule has 0 spiro atoms. The zero-order valence-corrected chi connectivity index (χ0v) is 16.3. The number of sulfonamides is 1. The highest BCUT2D eigenvalue weighted by Gasteiger charge is 2.26. The van der Waals surface area contributed by atoms with Gasteiger partial charge in [-0.3, -0.25) is 4.79 Å². The van der Waals surface area contributed by atoms with Gasteiger partial charge in [-0.1, -0.05) is 18.6 Å². The van der Waals surface area contributed by atoms with E-state index in [0.29, 0.717) is 18.7 Å². The van der Waals surface area contributed by atoms with Crippen LogP contribution in [0.4, 0.5) is 8.78 Å². The first-order valence-corrected chi connectivity index (χ1v) is 10.6. The van der Waals surface area contributed by atoms with Gasteiger partial charge in [-0.2, -0.15) is 4.31 Å². The largest absolute Gasteiger partial charge is 0.346 e. The number of rotatable bonds is 5. The molecule has 0 aliphatic carbocycles. The Labute approximate surface area is 163 Å². The fraction of sp³-hybridized carbons (Fsp3) is 0.350. The summed E-state index contributed by atoms with van der Waals surface area (Å²) in [6, 6.07) is 8.69. The van der Waals surface area contributed by atoms with Crippen LogP contribution in [-0.4, -0.2) is 31.7 Å². The molecular formula is C20H22F2N2O3S. The molecule has 8 heteroatoms. The Bertz CT molecular complexity index is 973. The van der Waals surface area contributed by atoms with Crippen LogP contribution in [0.2, 0.25) is 0 Å². The molecule has 3 rings (SSSR count). The Hall–Kier alpha value is -2.32. The molecule has 0 aromatic heterocycles. The maximum absolute atomic E-state index is 13.4. The SMILES string of the molecule is CC(NC(=O)c1cccc(S(=O)(=O)N2CCCCC2)c1)c1ccc(F)c(F)c1. The average molecular weight is 408 g/mol. The van der Waals surface area contributed by atoms with Gasteiger partial charge in [-0.15, -0.1) is 0 Å². The second-order valence-electron chi connectivity index (χ2n) is 6.86. The highest BCUT2D eigenvalue weighted by atomic mass is 32.2. The number of carbonyl (C=O) groups excluding carboxylic acids is 1. The zero-order valence-electron chi connectivity index (χ0n) is 15.5. The van der Waals surface area contributed by atoms with Gasteiger partial charge in [0.15, 0.2) is 11.6 Å². The summed E-state index contributed by atoms with van der Waals surface area (Å²) in [5.41, 5.74) is 0.594. The molecule has 2 aromatic carbocycles. The number of hydrogen-bond donors (Lipinski definition) is 1. The molecule has 1 fully saturated rings. The number of benzene rings is 2. The van der Waals surface area contributed by atoms with Gasteiger partial charge >= 0.3 is 0 Å². The van der Waals surface area contributed by atoms with Crippen LogP contribution in [0.5, 0.6) is 0 Å². The molecule has 0 radical (unpaired) electrons. The Morgan fingerprint density at radius 1 is 1.04 bits per heavy atom. The summed E-state index contributed by atoms with van der Waals surface area (Å²) in [7, 11) is -3.65. The van der Waals surface area contributed by atoms with Crippen LogP contribution < -0.4 is 5.32 Å². The summed E-state index contributed by atoms with van der Waals surface area (Å²) < 4.78 is 53.5. The summed E-state index contributed by atoms with van der Waals surface area (Å²) in [5.74, 6) is -2.45. The van der Waals surface area contributed by atoms with E-state index in [4.69, 9.17) is 0 Å². The fourth-order valence-corrected chi connectivity index (χ4v) is 4.76. The Balaban J connectivity index is 1.77. The molecule has 1 heterocycles. The summed E-state index contributed by atoms with van der Waals surface area (Å²) in [6.45, 7) is 2.59. The molecular weight excluding hydrogens is 386 g/mol. The minimum absolute atomic E-state index is 0.0718. The zero-order chi connectivity index (χ0) is 20.3. The summed E-state index contributed by atoms with van der Waals surface area (Å²) in [4.78, 5) is 12.6. The summed E-state index contributed by atoms with van der Waals surface area (Å²) in [6.07, 6.45) is 2.66. The van der Waals surface area contributed by atoms with Crippen LogP contribution in [0, 0.1) is 11.6 Å².